The van der Waals surface area contributed by atoms with Crippen molar-refractivity contribution < 1.29 is 9.18 Å². The summed E-state index contributed by atoms with van der Waals surface area (Å²) >= 11 is 0. The Labute approximate surface area is 217 Å². The van der Waals surface area contributed by atoms with E-state index in [1.54, 1.807) is 5.57 Å². The number of fused-ring (bicyclic) bond motifs is 2. The Morgan fingerprint density at radius 1 is 1.14 bits per heavy atom. The van der Waals surface area contributed by atoms with E-state index in [2.05, 4.69) is 41.2 Å². The molecule has 5 heteroatoms. The topological polar surface area (TPSA) is 34.0 Å². The van der Waals surface area contributed by atoms with E-state index >= 15 is 0 Å². The maximum absolute atomic E-state index is 13.4. The van der Waals surface area contributed by atoms with Gasteiger partial charge in [0.25, 0.3) is 5.91 Å². The molecule has 2 unspecified atom stereocenters. The van der Waals surface area contributed by atoms with Crippen molar-refractivity contribution in [1.29, 1.82) is 0 Å². The van der Waals surface area contributed by atoms with Crippen molar-refractivity contribution in [2.45, 2.75) is 77.9 Å². The van der Waals surface area contributed by atoms with Crippen molar-refractivity contribution in [3.63, 3.8) is 0 Å². The molecule has 0 spiro atoms. The van der Waals surface area contributed by atoms with Gasteiger partial charge in [-0.2, -0.15) is 0 Å². The number of carbonyl (C=O) groups excluding carboxylic acids is 1. The fraction of sp³-hybridized carbons (Fsp3) is 0.452. The fourth-order valence-electron chi connectivity index (χ4n) is 5.59. The molecule has 1 N–H and O–H groups in total. The van der Waals surface area contributed by atoms with Crippen LogP contribution in [0.2, 0.25) is 0 Å². The van der Waals surface area contributed by atoms with Gasteiger partial charge in [0.15, 0.2) is 0 Å². The second-order valence-corrected chi connectivity index (χ2v) is 13.9. The molecule has 1 aliphatic heterocycles. The molecule has 5 rings (SSSR count). The number of nitrogens with one attached hydrogen (secondary N) is 1. The van der Waals surface area contributed by atoms with Crippen LogP contribution in [0.15, 0.2) is 65.4 Å². The lowest BCUT2D eigenvalue weighted by Crippen LogP contribution is -2.41. The minimum absolute atomic E-state index is 0.0656. The number of carbonyl (C=O) groups is 1. The van der Waals surface area contributed by atoms with Gasteiger partial charge in [0.2, 0.25) is 0 Å². The average Bonchev–Trinajstić information content (AvgIpc) is 3.38. The maximum Gasteiger partial charge on any atom is 0.251 e. The first-order chi connectivity index (χ1) is 17.1. The van der Waals surface area contributed by atoms with E-state index in [1.165, 1.54) is 35.1 Å². The lowest BCUT2D eigenvalue weighted by Gasteiger charge is -2.37. The van der Waals surface area contributed by atoms with Crippen molar-refractivity contribution >= 4 is 19.9 Å². The van der Waals surface area contributed by atoms with Gasteiger partial charge in [-0.1, -0.05) is 52.0 Å². The number of amides is 1. The minimum Gasteiger partial charge on any atom is -0.347 e. The van der Waals surface area contributed by atoms with E-state index in [4.69, 9.17) is 0 Å². The van der Waals surface area contributed by atoms with Crippen LogP contribution in [0.1, 0.15) is 72.1 Å². The second-order valence-electron chi connectivity index (χ2n) is 11.0. The van der Waals surface area contributed by atoms with Crippen LogP contribution in [0.25, 0.3) is 11.8 Å². The molecule has 2 aromatic rings. The summed E-state index contributed by atoms with van der Waals surface area (Å²) in [5.74, 6) is -0.143. The van der Waals surface area contributed by atoms with Gasteiger partial charge in [-0.3, -0.25) is 4.79 Å². The van der Waals surface area contributed by atoms with Crippen molar-refractivity contribution in [2.75, 3.05) is 12.3 Å². The molecule has 0 bridgehead atoms. The van der Waals surface area contributed by atoms with Crippen LogP contribution < -0.4 is 5.32 Å². The van der Waals surface area contributed by atoms with Crippen LogP contribution in [0.4, 0.5) is 4.39 Å². The molecule has 2 heterocycles. The van der Waals surface area contributed by atoms with Gasteiger partial charge in [-0.25, -0.2) is 4.39 Å². The number of hydrogen-bond acceptors (Lipinski definition) is 1. The minimum atomic E-state index is -0.265. The Balaban J connectivity index is 0.00000148. The first-order valence-electron chi connectivity index (χ1n) is 13.3. The molecule has 0 radical (unpaired) electrons. The van der Waals surface area contributed by atoms with Gasteiger partial charge in [0.1, 0.15) is 5.82 Å². The van der Waals surface area contributed by atoms with Crippen LogP contribution in [-0.4, -0.2) is 33.5 Å². The van der Waals surface area contributed by atoms with Crippen molar-refractivity contribution in [3.8, 4) is 5.69 Å². The van der Waals surface area contributed by atoms with Gasteiger partial charge in [0, 0.05) is 33.8 Å². The first-order valence-corrected chi connectivity index (χ1v) is 15.0. The molecular formula is C31H40FN2OP. The van der Waals surface area contributed by atoms with Crippen molar-refractivity contribution in [1.82, 2.24) is 9.88 Å². The molecule has 2 aliphatic carbocycles. The molecule has 3 nitrogen and oxygen atoms in total. The van der Waals surface area contributed by atoms with E-state index in [0.717, 1.165) is 43.1 Å². The zero-order chi connectivity index (χ0) is 26.1. The second kappa shape index (κ2) is 10.5. The highest BCUT2D eigenvalue weighted by Crippen LogP contribution is 2.64. The van der Waals surface area contributed by atoms with E-state index in [0.29, 0.717) is 0 Å². The normalized spacial score (nSPS) is 22.9. The zero-order valence-electron chi connectivity index (χ0n) is 22.6. The highest BCUT2D eigenvalue weighted by atomic mass is 31.1. The number of rotatable bonds is 4. The average molecular weight is 507 g/mol. The summed E-state index contributed by atoms with van der Waals surface area (Å²) in [6.45, 7) is 12.6. The lowest BCUT2D eigenvalue weighted by molar-refractivity contribution is -0.118. The molecule has 0 saturated carbocycles. The van der Waals surface area contributed by atoms with Crippen LogP contribution in [0.3, 0.4) is 0 Å². The number of hydrogen-bond donors (Lipinski definition) is 1. The third kappa shape index (κ3) is 5.30. The third-order valence-electron chi connectivity index (χ3n) is 7.40. The predicted octanol–water partition coefficient (Wildman–Crippen LogP) is 7.79. The molecular weight excluding hydrogens is 466 g/mol. The molecule has 1 aromatic carbocycles. The number of nitrogens with zero attached hydrogens (tertiary/aromatic N) is 1. The van der Waals surface area contributed by atoms with E-state index < -0.39 is 0 Å². The Bertz CT molecular complexity index is 1210. The summed E-state index contributed by atoms with van der Waals surface area (Å²) in [7, 11) is -0.265. The summed E-state index contributed by atoms with van der Waals surface area (Å²) < 4.78 is 15.6. The molecule has 3 aliphatic rings. The molecule has 1 amide bonds. The van der Waals surface area contributed by atoms with Gasteiger partial charge in [-0.05, 0) is 101 Å². The Hall–Kier alpha value is -2.45. The summed E-state index contributed by atoms with van der Waals surface area (Å²) in [6.07, 6.45) is 15.2. The molecule has 1 saturated heterocycles. The van der Waals surface area contributed by atoms with Crippen LogP contribution in [0.5, 0.6) is 0 Å². The number of halogens is 1. The van der Waals surface area contributed by atoms with Crippen LogP contribution >= 0.6 is 7.92 Å². The largest absolute Gasteiger partial charge is 0.347 e. The molecule has 2 atom stereocenters. The summed E-state index contributed by atoms with van der Waals surface area (Å²) in [6, 6.07) is 8.97. The van der Waals surface area contributed by atoms with Crippen LogP contribution in [0, 0.1) is 5.82 Å². The maximum atomic E-state index is 13.4. The molecule has 36 heavy (non-hydrogen) atoms. The van der Waals surface area contributed by atoms with Crippen LogP contribution in [-0.2, 0) is 11.2 Å². The Morgan fingerprint density at radius 2 is 1.86 bits per heavy atom. The number of allylic oxidation sites excluding steroid dienone is 3. The predicted molar refractivity (Wildman–Crippen MR) is 152 cm³/mol. The smallest absolute Gasteiger partial charge is 0.251 e. The third-order valence-corrected chi connectivity index (χ3v) is 10.8. The Kier molecular flexibility index (Phi) is 7.76. The Morgan fingerprint density at radius 3 is 2.56 bits per heavy atom. The van der Waals surface area contributed by atoms with Crippen molar-refractivity contribution in [2.24, 2.45) is 0 Å². The van der Waals surface area contributed by atoms with E-state index in [-0.39, 0.29) is 30.3 Å². The SMILES string of the molecule is CC.CC(C)(C)NC(=O)C1=C(CP2CCC3=Cc4c(ccn4-c4ccc(F)cc4)CC32C)CCC=C1. The summed E-state index contributed by atoms with van der Waals surface area (Å²) in [5.41, 5.74) is 7.14. The van der Waals surface area contributed by atoms with E-state index in [1.807, 2.05) is 52.8 Å². The summed E-state index contributed by atoms with van der Waals surface area (Å²) in [4.78, 5) is 13.0. The first kappa shape index (κ1) is 26.6. The highest BCUT2D eigenvalue weighted by molar-refractivity contribution is 7.60. The quantitative estimate of drug-likeness (QED) is 0.422. The lowest BCUT2D eigenvalue weighted by atomic mass is 9.86. The van der Waals surface area contributed by atoms with Gasteiger partial charge in [0.05, 0.1) is 0 Å². The standard InChI is InChI=1S/C29H34FN2OP.C2H6/c1-28(2,3)31-27(33)25-8-6-5-7-21(25)19-34-16-14-22-17-26-20(18-29(22,34)4)13-15-32(26)24-11-9-23(30)10-12-24;1-2/h6,8-13,15,17H,5,7,14,16,18-19H2,1-4H3,(H,31,33);1-2H3. The number of aromatic nitrogens is 1. The van der Waals surface area contributed by atoms with Gasteiger partial charge in [-0.15, -0.1) is 0 Å². The molecule has 192 valence electrons. The summed E-state index contributed by atoms with van der Waals surface area (Å²) in [5, 5.41) is 3.34. The molecule has 1 aromatic heterocycles. The highest BCUT2D eigenvalue weighted by Gasteiger charge is 2.45. The monoisotopic (exact) mass is 506 g/mol. The van der Waals surface area contributed by atoms with Gasteiger partial charge >= 0.3 is 0 Å². The fourth-order valence-corrected chi connectivity index (χ4v) is 8.87. The van der Waals surface area contributed by atoms with Crippen molar-refractivity contribution in [3.05, 3.63) is 82.5 Å². The van der Waals surface area contributed by atoms with E-state index in [9.17, 15) is 9.18 Å². The van der Waals surface area contributed by atoms with Gasteiger partial charge < -0.3 is 9.88 Å². The zero-order valence-corrected chi connectivity index (χ0v) is 23.5. The number of benzene rings is 1. The molecule has 1 fully saturated rings.